The van der Waals surface area contributed by atoms with Gasteiger partial charge < -0.3 is 14.8 Å². The van der Waals surface area contributed by atoms with Crippen LogP contribution in [0.25, 0.3) is 0 Å². The Morgan fingerprint density at radius 3 is 2.67 bits per heavy atom. The molecule has 1 fully saturated rings. The number of halogens is 2. The molecule has 1 aliphatic rings. The van der Waals surface area contributed by atoms with Gasteiger partial charge in [-0.05, 0) is 31.5 Å². The standard InChI is InChI=1S/C16H23F2NO2/c1-3-7-19-14-10-15(16(14)20-8-4-2)21-11-5-6-12(17)13(18)9-11/h5-6,9,14-16,19H,3-4,7-8,10H2,1-2H3. The summed E-state index contributed by atoms with van der Waals surface area (Å²) < 4.78 is 37.7. The summed E-state index contributed by atoms with van der Waals surface area (Å²) in [6.45, 7) is 5.78. The van der Waals surface area contributed by atoms with Crippen molar-refractivity contribution >= 4 is 0 Å². The molecule has 0 amide bonds. The Kier molecular flexibility index (Phi) is 5.94. The monoisotopic (exact) mass is 299 g/mol. The van der Waals surface area contributed by atoms with Crippen molar-refractivity contribution in [2.45, 2.75) is 51.4 Å². The first-order valence-corrected chi connectivity index (χ1v) is 7.62. The number of ether oxygens (including phenoxy) is 2. The lowest BCUT2D eigenvalue weighted by molar-refractivity contribution is -0.107. The van der Waals surface area contributed by atoms with Gasteiger partial charge in [-0.3, -0.25) is 0 Å². The third-order valence-corrected chi connectivity index (χ3v) is 3.60. The van der Waals surface area contributed by atoms with Crippen LogP contribution in [0.15, 0.2) is 18.2 Å². The topological polar surface area (TPSA) is 30.5 Å². The van der Waals surface area contributed by atoms with E-state index in [1.807, 2.05) is 0 Å². The van der Waals surface area contributed by atoms with Crippen LogP contribution < -0.4 is 10.1 Å². The zero-order valence-electron chi connectivity index (χ0n) is 12.6. The smallest absolute Gasteiger partial charge is 0.162 e. The average molecular weight is 299 g/mol. The van der Waals surface area contributed by atoms with Crippen LogP contribution in [-0.2, 0) is 4.74 Å². The molecule has 0 aliphatic heterocycles. The van der Waals surface area contributed by atoms with E-state index in [1.165, 1.54) is 6.07 Å². The van der Waals surface area contributed by atoms with Crippen LogP contribution in [0.5, 0.6) is 5.75 Å². The number of rotatable bonds is 8. The van der Waals surface area contributed by atoms with Crippen LogP contribution in [-0.4, -0.2) is 31.4 Å². The molecular formula is C16H23F2NO2. The minimum Gasteiger partial charge on any atom is -0.487 e. The first-order valence-electron chi connectivity index (χ1n) is 7.62. The molecular weight excluding hydrogens is 276 g/mol. The lowest BCUT2D eigenvalue weighted by atomic mass is 9.85. The van der Waals surface area contributed by atoms with E-state index in [4.69, 9.17) is 9.47 Å². The van der Waals surface area contributed by atoms with E-state index in [9.17, 15) is 8.78 Å². The quantitative estimate of drug-likeness (QED) is 0.799. The first-order chi connectivity index (χ1) is 10.2. The number of hydrogen-bond acceptors (Lipinski definition) is 3. The third kappa shape index (κ3) is 4.14. The van der Waals surface area contributed by atoms with E-state index in [0.717, 1.165) is 37.9 Å². The van der Waals surface area contributed by atoms with E-state index >= 15 is 0 Å². The fraction of sp³-hybridized carbons (Fsp3) is 0.625. The molecule has 3 atom stereocenters. The number of nitrogens with one attached hydrogen (secondary N) is 1. The highest BCUT2D eigenvalue weighted by atomic mass is 19.2. The molecule has 0 radical (unpaired) electrons. The molecule has 5 heteroatoms. The van der Waals surface area contributed by atoms with Crippen molar-refractivity contribution in [3.05, 3.63) is 29.8 Å². The fourth-order valence-corrected chi connectivity index (χ4v) is 2.43. The minimum absolute atomic E-state index is 0.0374. The van der Waals surface area contributed by atoms with Gasteiger partial charge in [-0.2, -0.15) is 0 Å². The van der Waals surface area contributed by atoms with Crippen LogP contribution in [0.1, 0.15) is 33.1 Å². The predicted molar refractivity (Wildman–Crippen MR) is 77.5 cm³/mol. The van der Waals surface area contributed by atoms with Crippen molar-refractivity contribution in [2.24, 2.45) is 0 Å². The van der Waals surface area contributed by atoms with Crippen LogP contribution >= 0.6 is 0 Å². The summed E-state index contributed by atoms with van der Waals surface area (Å²) in [7, 11) is 0. The summed E-state index contributed by atoms with van der Waals surface area (Å²) in [4.78, 5) is 0. The van der Waals surface area contributed by atoms with Crippen LogP contribution in [0.2, 0.25) is 0 Å². The SMILES string of the molecule is CCCNC1CC(Oc2ccc(F)c(F)c2)C1OCCC. The van der Waals surface area contributed by atoms with Crippen molar-refractivity contribution in [1.29, 1.82) is 0 Å². The minimum atomic E-state index is -0.890. The second-order valence-electron chi connectivity index (χ2n) is 5.36. The van der Waals surface area contributed by atoms with Gasteiger partial charge in [0.15, 0.2) is 11.6 Å². The Bertz CT molecular complexity index is 456. The first kappa shape index (κ1) is 16.2. The van der Waals surface area contributed by atoms with Gasteiger partial charge in [-0.15, -0.1) is 0 Å². The molecule has 0 aromatic heterocycles. The van der Waals surface area contributed by atoms with E-state index in [0.29, 0.717) is 12.4 Å². The molecule has 1 aliphatic carbocycles. The highest BCUT2D eigenvalue weighted by Crippen LogP contribution is 2.30. The Labute approximate surface area is 124 Å². The van der Waals surface area contributed by atoms with Gasteiger partial charge in [-0.1, -0.05) is 13.8 Å². The van der Waals surface area contributed by atoms with E-state index < -0.39 is 11.6 Å². The third-order valence-electron chi connectivity index (χ3n) is 3.60. The van der Waals surface area contributed by atoms with Crippen LogP contribution in [0.4, 0.5) is 8.78 Å². The molecule has 0 bridgehead atoms. The summed E-state index contributed by atoms with van der Waals surface area (Å²) in [6.07, 6.45) is 2.66. The van der Waals surface area contributed by atoms with Gasteiger partial charge in [0.05, 0.1) is 0 Å². The van der Waals surface area contributed by atoms with E-state index in [-0.39, 0.29) is 18.2 Å². The largest absolute Gasteiger partial charge is 0.487 e. The highest BCUT2D eigenvalue weighted by molar-refractivity contribution is 5.24. The van der Waals surface area contributed by atoms with Crippen molar-refractivity contribution in [2.75, 3.05) is 13.2 Å². The summed E-state index contributed by atoms with van der Waals surface area (Å²) in [6, 6.07) is 3.88. The highest BCUT2D eigenvalue weighted by Gasteiger charge is 2.43. The number of benzene rings is 1. The van der Waals surface area contributed by atoms with Crippen molar-refractivity contribution < 1.29 is 18.3 Å². The van der Waals surface area contributed by atoms with Gasteiger partial charge in [-0.25, -0.2) is 8.78 Å². The summed E-state index contributed by atoms with van der Waals surface area (Å²) >= 11 is 0. The maximum Gasteiger partial charge on any atom is 0.162 e. The maximum absolute atomic E-state index is 13.2. The molecule has 1 saturated carbocycles. The predicted octanol–water partition coefficient (Wildman–Crippen LogP) is 3.28. The van der Waals surface area contributed by atoms with Gasteiger partial charge in [0.25, 0.3) is 0 Å². The average Bonchev–Trinajstić information content (AvgIpc) is 2.46. The van der Waals surface area contributed by atoms with E-state index in [1.54, 1.807) is 0 Å². The van der Waals surface area contributed by atoms with E-state index in [2.05, 4.69) is 19.2 Å². The molecule has 1 aromatic rings. The molecule has 3 unspecified atom stereocenters. The van der Waals surface area contributed by atoms with Gasteiger partial charge in [0.1, 0.15) is 18.0 Å². The molecule has 1 aromatic carbocycles. The lowest BCUT2D eigenvalue weighted by Gasteiger charge is -2.44. The fourth-order valence-electron chi connectivity index (χ4n) is 2.43. The van der Waals surface area contributed by atoms with Gasteiger partial charge >= 0.3 is 0 Å². The Balaban J connectivity index is 1.93. The maximum atomic E-state index is 13.2. The van der Waals surface area contributed by atoms with Crippen LogP contribution in [0, 0.1) is 11.6 Å². The molecule has 2 rings (SSSR count). The Morgan fingerprint density at radius 1 is 1.19 bits per heavy atom. The second kappa shape index (κ2) is 7.71. The zero-order valence-corrected chi connectivity index (χ0v) is 12.6. The molecule has 3 nitrogen and oxygen atoms in total. The summed E-state index contributed by atoms with van der Waals surface area (Å²) in [5.74, 6) is -1.41. The second-order valence-corrected chi connectivity index (χ2v) is 5.36. The molecule has 0 spiro atoms. The van der Waals surface area contributed by atoms with Crippen molar-refractivity contribution in [3.63, 3.8) is 0 Å². The number of hydrogen-bond donors (Lipinski definition) is 1. The molecule has 0 heterocycles. The molecule has 1 N–H and O–H groups in total. The molecule has 118 valence electrons. The van der Waals surface area contributed by atoms with Crippen molar-refractivity contribution in [3.8, 4) is 5.75 Å². The van der Waals surface area contributed by atoms with Crippen LogP contribution in [0.3, 0.4) is 0 Å². The summed E-state index contributed by atoms with van der Waals surface area (Å²) in [5.41, 5.74) is 0. The van der Waals surface area contributed by atoms with Gasteiger partial charge in [0.2, 0.25) is 0 Å². The normalized spacial score (nSPS) is 24.7. The summed E-state index contributed by atoms with van der Waals surface area (Å²) in [5, 5.41) is 3.42. The lowest BCUT2D eigenvalue weighted by Crippen LogP contribution is -2.61. The molecule has 0 saturated heterocycles. The Morgan fingerprint density at radius 2 is 2.00 bits per heavy atom. The van der Waals surface area contributed by atoms with Crippen molar-refractivity contribution in [1.82, 2.24) is 5.32 Å². The Hall–Kier alpha value is -1.20. The van der Waals surface area contributed by atoms with Gasteiger partial charge in [0, 0.05) is 25.1 Å². The molecule has 21 heavy (non-hydrogen) atoms. The zero-order chi connectivity index (χ0) is 15.2.